The molecule has 1 fully saturated rings. The molecule has 2 aromatic rings. The molecule has 0 aromatic heterocycles. The fraction of sp³-hybridized carbons (Fsp3) is 0.485. The van der Waals surface area contributed by atoms with Gasteiger partial charge in [-0.1, -0.05) is 44.2 Å². The molecule has 46 heavy (non-hydrogen) atoms. The number of amides is 5. The number of benzene rings is 2. The number of likely N-dealkylation sites (tertiary alicyclic amines) is 1. The van der Waals surface area contributed by atoms with Crippen LogP contribution in [0.2, 0.25) is 0 Å². The first-order chi connectivity index (χ1) is 22.0. The lowest BCUT2D eigenvalue weighted by atomic mass is 9.89. The SMILES string of the molecule is CC(C)[C@H]1NC(=O)[C@@H](C)NC(=O)C2(CCN(CC(N)=O)CC2)Oc2ccc(cc2)OCCNC(=O)[C@H](Cc2ccccc2)NC1=O. The third-order valence-electron chi connectivity index (χ3n) is 8.17. The van der Waals surface area contributed by atoms with Gasteiger partial charge in [0.15, 0.2) is 5.60 Å². The van der Waals surface area contributed by atoms with Crippen LogP contribution in [-0.2, 0) is 30.4 Å². The zero-order chi connectivity index (χ0) is 33.3. The molecule has 248 valence electrons. The van der Waals surface area contributed by atoms with Gasteiger partial charge in [-0.3, -0.25) is 28.9 Å². The van der Waals surface area contributed by atoms with Crippen molar-refractivity contribution in [3.8, 4) is 11.5 Å². The Hall–Kier alpha value is -4.65. The number of hydrogen-bond donors (Lipinski definition) is 5. The average molecular weight is 637 g/mol. The summed E-state index contributed by atoms with van der Waals surface area (Å²) in [6.07, 6.45) is 0.737. The van der Waals surface area contributed by atoms with E-state index in [4.69, 9.17) is 15.2 Å². The van der Waals surface area contributed by atoms with Gasteiger partial charge in [-0.25, -0.2) is 0 Å². The van der Waals surface area contributed by atoms with E-state index in [1.54, 1.807) is 38.1 Å². The van der Waals surface area contributed by atoms with Gasteiger partial charge >= 0.3 is 0 Å². The number of nitrogens with one attached hydrogen (secondary N) is 4. The Labute approximate surface area is 268 Å². The van der Waals surface area contributed by atoms with Crippen molar-refractivity contribution < 1.29 is 33.4 Å². The molecule has 3 heterocycles. The Kier molecular flexibility index (Phi) is 11.6. The van der Waals surface area contributed by atoms with Crippen molar-refractivity contribution in [2.45, 2.75) is 63.8 Å². The minimum Gasteiger partial charge on any atom is -0.492 e. The van der Waals surface area contributed by atoms with Crippen LogP contribution in [0.3, 0.4) is 0 Å². The smallest absolute Gasteiger partial charge is 0.264 e. The summed E-state index contributed by atoms with van der Waals surface area (Å²) >= 11 is 0. The molecule has 0 saturated carbocycles. The van der Waals surface area contributed by atoms with E-state index in [0.29, 0.717) is 24.6 Å². The van der Waals surface area contributed by atoms with Crippen LogP contribution in [0.5, 0.6) is 11.5 Å². The first-order valence-electron chi connectivity index (χ1n) is 15.6. The van der Waals surface area contributed by atoms with Crippen molar-refractivity contribution in [3.63, 3.8) is 0 Å². The number of nitrogens with zero attached hydrogens (tertiary/aromatic N) is 1. The number of rotatable bonds is 5. The molecule has 5 rings (SSSR count). The van der Waals surface area contributed by atoms with E-state index in [2.05, 4.69) is 21.3 Å². The van der Waals surface area contributed by atoms with Gasteiger partial charge in [0.1, 0.15) is 36.2 Å². The highest BCUT2D eigenvalue weighted by atomic mass is 16.5. The zero-order valence-electron chi connectivity index (χ0n) is 26.5. The number of primary amides is 1. The van der Waals surface area contributed by atoms with Crippen molar-refractivity contribution in [1.29, 1.82) is 0 Å². The van der Waals surface area contributed by atoms with E-state index < -0.39 is 47.4 Å². The highest BCUT2D eigenvalue weighted by Gasteiger charge is 2.45. The molecular formula is C33H44N6O7. The van der Waals surface area contributed by atoms with Crippen LogP contribution in [0.4, 0.5) is 0 Å². The fourth-order valence-corrected chi connectivity index (χ4v) is 5.49. The maximum atomic E-state index is 13.8. The predicted molar refractivity (Wildman–Crippen MR) is 170 cm³/mol. The van der Waals surface area contributed by atoms with Gasteiger partial charge in [0.2, 0.25) is 23.6 Å². The van der Waals surface area contributed by atoms with Gasteiger partial charge in [0.25, 0.3) is 5.91 Å². The Balaban J connectivity index is 1.59. The second-order valence-electron chi connectivity index (χ2n) is 12.1. The van der Waals surface area contributed by atoms with Gasteiger partial charge in [-0.15, -0.1) is 0 Å². The van der Waals surface area contributed by atoms with Gasteiger partial charge in [0.05, 0.1) is 13.1 Å². The molecule has 0 aliphatic carbocycles. The van der Waals surface area contributed by atoms with Crippen LogP contribution in [0.1, 0.15) is 39.2 Å². The molecular weight excluding hydrogens is 592 g/mol. The molecule has 2 bridgehead atoms. The molecule has 0 radical (unpaired) electrons. The van der Waals surface area contributed by atoms with Crippen LogP contribution >= 0.6 is 0 Å². The van der Waals surface area contributed by atoms with E-state index in [1.165, 1.54) is 6.92 Å². The van der Waals surface area contributed by atoms with Gasteiger partial charge in [-0.2, -0.15) is 0 Å². The Morgan fingerprint density at radius 2 is 1.57 bits per heavy atom. The molecule has 0 unspecified atom stereocenters. The third kappa shape index (κ3) is 9.19. The lowest BCUT2D eigenvalue weighted by Gasteiger charge is -2.40. The summed E-state index contributed by atoms with van der Waals surface area (Å²) < 4.78 is 12.1. The number of fused-ring (bicyclic) bond motifs is 15. The summed E-state index contributed by atoms with van der Waals surface area (Å²) in [5.41, 5.74) is 4.91. The minimum atomic E-state index is -1.32. The fourth-order valence-electron chi connectivity index (χ4n) is 5.49. The van der Waals surface area contributed by atoms with E-state index in [1.807, 2.05) is 35.2 Å². The van der Waals surface area contributed by atoms with Gasteiger partial charge in [-0.05, 0) is 42.7 Å². The van der Waals surface area contributed by atoms with Crippen molar-refractivity contribution in [2.75, 3.05) is 32.8 Å². The Morgan fingerprint density at radius 1 is 0.913 bits per heavy atom. The highest BCUT2D eigenvalue weighted by molar-refractivity contribution is 5.95. The number of piperidine rings is 1. The Bertz CT molecular complexity index is 1380. The number of nitrogens with two attached hydrogens (primary N) is 1. The average Bonchev–Trinajstić information content (AvgIpc) is 3.02. The van der Waals surface area contributed by atoms with Crippen LogP contribution in [0.25, 0.3) is 0 Å². The van der Waals surface area contributed by atoms with Crippen molar-refractivity contribution in [3.05, 3.63) is 60.2 Å². The van der Waals surface area contributed by atoms with Crippen LogP contribution < -0.4 is 36.5 Å². The largest absolute Gasteiger partial charge is 0.492 e. The summed E-state index contributed by atoms with van der Waals surface area (Å²) in [5, 5.41) is 11.2. The van der Waals surface area contributed by atoms with Crippen LogP contribution in [-0.4, -0.2) is 90.9 Å². The molecule has 13 nitrogen and oxygen atoms in total. The molecule has 3 atom stereocenters. The molecule has 1 saturated heterocycles. The molecule has 5 amide bonds. The number of ether oxygens (including phenoxy) is 2. The number of carbonyl (C=O) groups is 5. The summed E-state index contributed by atoms with van der Waals surface area (Å²) in [6.45, 7) is 6.27. The van der Waals surface area contributed by atoms with Crippen LogP contribution in [0, 0.1) is 5.92 Å². The van der Waals surface area contributed by atoms with Crippen molar-refractivity contribution in [2.24, 2.45) is 11.7 Å². The summed E-state index contributed by atoms with van der Waals surface area (Å²) in [6, 6.07) is 13.2. The topological polar surface area (TPSA) is 181 Å². The second kappa shape index (κ2) is 15.6. The van der Waals surface area contributed by atoms with E-state index in [0.717, 1.165) is 5.56 Å². The molecule has 2 aromatic carbocycles. The lowest BCUT2D eigenvalue weighted by Crippen LogP contribution is -2.62. The molecule has 3 aliphatic rings. The summed E-state index contributed by atoms with van der Waals surface area (Å²) in [4.78, 5) is 67.3. The molecule has 13 heteroatoms. The zero-order valence-corrected chi connectivity index (χ0v) is 26.5. The standard InChI is InChI=1S/C33H44N6O7/c1-21(2)28-31(43)37-26(19-23-7-5-4-6-8-23)30(42)35-15-18-45-24-9-11-25(12-10-24)46-33(32(44)36-22(3)29(41)38-28)13-16-39(17-14-33)20-27(34)40/h4-12,21-22,26,28H,13-20H2,1-3H3,(H2,34,40)(H,35,42)(H,36,44)(H,37,43)(H,38,41)/t22-,26+,28-/m1/s1. The molecule has 3 aliphatic heterocycles. The van der Waals surface area contributed by atoms with Gasteiger partial charge in [0, 0.05) is 32.4 Å². The maximum absolute atomic E-state index is 13.8. The van der Waals surface area contributed by atoms with E-state index in [9.17, 15) is 24.0 Å². The van der Waals surface area contributed by atoms with E-state index in [-0.39, 0.29) is 50.8 Å². The molecule has 6 N–H and O–H groups in total. The third-order valence-corrected chi connectivity index (χ3v) is 8.17. The quantitative estimate of drug-likeness (QED) is 0.290. The minimum absolute atomic E-state index is 0.0634. The first kappa shape index (κ1) is 34.2. The molecule has 1 spiro atoms. The monoisotopic (exact) mass is 636 g/mol. The van der Waals surface area contributed by atoms with Crippen molar-refractivity contribution in [1.82, 2.24) is 26.2 Å². The van der Waals surface area contributed by atoms with Crippen LogP contribution in [0.15, 0.2) is 54.6 Å². The van der Waals surface area contributed by atoms with Gasteiger partial charge < -0.3 is 36.5 Å². The lowest BCUT2D eigenvalue weighted by molar-refractivity contribution is -0.144. The van der Waals surface area contributed by atoms with E-state index >= 15 is 0 Å². The number of carbonyl (C=O) groups excluding carboxylic acids is 5. The van der Waals surface area contributed by atoms with Crippen molar-refractivity contribution >= 4 is 29.5 Å². The normalized spacial score (nSPS) is 23.3. The second-order valence-corrected chi connectivity index (χ2v) is 12.1. The maximum Gasteiger partial charge on any atom is 0.264 e. The highest BCUT2D eigenvalue weighted by Crippen LogP contribution is 2.30. The summed E-state index contributed by atoms with van der Waals surface area (Å²) in [7, 11) is 0. The number of hydrogen-bond acceptors (Lipinski definition) is 8. The Morgan fingerprint density at radius 3 is 2.20 bits per heavy atom. The first-order valence-corrected chi connectivity index (χ1v) is 15.6. The summed E-state index contributed by atoms with van der Waals surface area (Å²) in [5.74, 6) is -1.81. The predicted octanol–water partition coefficient (Wildman–Crippen LogP) is 0.267.